The average molecular weight is 262 g/mol. The Morgan fingerprint density at radius 3 is 2.54 bits per heavy atom. The Hall–Kier alpha value is -0.340. The van der Waals surface area contributed by atoms with Crippen molar-refractivity contribution < 1.29 is 4.79 Å². The second kappa shape index (κ2) is 4.25. The second-order valence-electron chi connectivity index (χ2n) is 3.04. The summed E-state index contributed by atoms with van der Waals surface area (Å²) in [5, 5.41) is -0.531. The first-order valence-corrected chi connectivity index (χ1v) is 5.15. The summed E-state index contributed by atoms with van der Waals surface area (Å²) in [6.45, 7) is 3.46. The molecule has 1 rings (SSSR count). The Labute approximate surface area is 91.2 Å². The van der Waals surface area contributed by atoms with Crippen LogP contribution in [0.1, 0.15) is 23.4 Å². The van der Waals surface area contributed by atoms with Gasteiger partial charge in [0.25, 0.3) is 0 Å². The maximum absolute atomic E-state index is 11.0. The number of hydrogen-bond donors (Lipinski definition) is 0. The maximum Gasteiger partial charge on any atom is 0.152 e. The topological polar surface area (TPSA) is 17.1 Å². The minimum Gasteiger partial charge on any atom is -0.298 e. The third-order valence-corrected chi connectivity index (χ3v) is 2.73. The smallest absolute Gasteiger partial charge is 0.152 e. The lowest BCUT2D eigenvalue weighted by atomic mass is 10.1. The second-order valence-corrected chi connectivity index (χ2v) is 4.39. The first-order valence-electron chi connectivity index (χ1n) is 3.92. The van der Waals surface area contributed by atoms with E-state index in [1.54, 1.807) is 0 Å². The van der Waals surface area contributed by atoms with E-state index < -0.39 is 5.38 Å². The molecule has 1 aromatic rings. The molecule has 0 aliphatic carbocycles. The molecule has 0 saturated heterocycles. The van der Waals surface area contributed by atoms with Crippen LogP contribution < -0.4 is 0 Å². The largest absolute Gasteiger partial charge is 0.298 e. The van der Waals surface area contributed by atoms with Gasteiger partial charge in [0, 0.05) is 4.47 Å². The third-order valence-electron chi connectivity index (χ3n) is 1.71. The van der Waals surface area contributed by atoms with Crippen LogP contribution in [0.5, 0.6) is 0 Å². The molecular formula is C10H10BrClO. The Kier molecular flexibility index (Phi) is 3.51. The summed E-state index contributed by atoms with van der Waals surface area (Å²) >= 11 is 9.28. The molecule has 0 heterocycles. The number of carbonyl (C=O) groups is 1. The standard InChI is InChI=1S/C10H10BrClO/c1-6-3-8(5-9(11)4-6)10(12)7(2)13/h3-5,10H,1-2H3. The first kappa shape index (κ1) is 10.7. The molecule has 3 heteroatoms. The van der Waals surface area contributed by atoms with Gasteiger partial charge in [-0.2, -0.15) is 0 Å². The molecule has 1 nitrogen and oxygen atoms in total. The van der Waals surface area contributed by atoms with Crippen LogP contribution in [-0.2, 0) is 4.79 Å². The number of Topliss-reactive ketones (excluding diaryl/α,β-unsaturated/α-hetero) is 1. The minimum absolute atomic E-state index is 0.0285. The lowest BCUT2D eigenvalue weighted by molar-refractivity contribution is -0.116. The van der Waals surface area contributed by atoms with E-state index in [0.717, 1.165) is 15.6 Å². The van der Waals surface area contributed by atoms with Crippen LogP contribution in [0.15, 0.2) is 22.7 Å². The van der Waals surface area contributed by atoms with E-state index in [9.17, 15) is 4.79 Å². The van der Waals surface area contributed by atoms with E-state index in [2.05, 4.69) is 15.9 Å². The number of hydrogen-bond acceptors (Lipinski definition) is 1. The van der Waals surface area contributed by atoms with Crippen molar-refractivity contribution in [1.29, 1.82) is 0 Å². The van der Waals surface area contributed by atoms with E-state index in [1.165, 1.54) is 6.92 Å². The molecular weight excluding hydrogens is 251 g/mol. The molecule has 0 bridgehead atoms. The van der Waals surface area contributed by atoms with Gasteiger partial charge in [-0.05, 0) is 37.1 Å². The van der Waals surface area contributed by atoms with Gasteiger partial charge in [0.1, 0.15) is 5.38 Å². The summed E-state index contributed by atoms with van der Waals surface area (Å²) in [6, 6.07) is 5.77. The van der Waals surface area contributed by atoms with E-state index in [1.807, 2.05) is 25.1 Å². The number of halogens is 2. The third kappa shape index (κ3) is 2.82. The van der Waals surface area contributed by atoms with Crippen molar-refractivity contribution in [3.05, 3.63) is 33.8 Å². The highest BCUT2D eigenvalue weighted by molar-refractivity contribution is 9.10. The highest BCUT2D eigenvalue weighted by Crippen LogP contribution is 2.25. The zero-order chi connectivity index (χ0) is 10.0. The lowest BCUT2D eigenvalue weighted by Gasteiger charge is -2.07. The molecule has 0 aromatic heterocycles. The Morgan fingerprint density at radius 1 is 1.46 bits per heavy atom. The number of rotatable bonds is 2. The van der Waals surface area contributed by atoms with Crippen LogP contribution in [0.3, 0.4) is 0 Å². The first-order chi connectivity index (χ1) is 6.00. The predicted molar refractivity (Wildman–Crippen MR) is 58.2 cm³/mol. The van der Waals surface area contributed by atoms with Crippen molar-refractivity contribution in [3.63, 3.8) is 0 Å². The fraction of sp³-hybridized carbons (Fsp3) is 0.300. The van der Waals surface area contributed by atoms with Crippen LogP contribution in [-0.4, -0.2) is 5.78 Å². The highest BCUT2D eigenvalue weighted by Gasteiger charge is 2.13. The fourth-order valence-electron chi connectivity index (χ4n) is 1.15. The Balaban J connectivity index is 3.07. The Morgan fingerprint density at radius 2 is 2.08 bits per heavy atom. The summed E-state index contributed by atoms with van der Waals surface area (Å²) in [7, 11) is 0. The fourth-order valence-corrected chi connectivity index (χ4v) is 1.90. The van der Waals surface area contributed by atoms with Gasteiger partial charge < -0.3 is 0 Å². The normalized spacial score (nSPS) is 12.6. The van der Waals surface area contributed by atoms with Gasteiger partial charge in [-0.15, -0.1) is 11.6 Å². The minimum atomic E-state index is -0.531. The van der Waals surface area contributed by atoms with Gasteiger partial charge in [0.05, 0.1) is 0 Å². The predicted octanol–water partition coefficient (Wildman–Crippen LogP) is 3.63. The van der Waals surface area contributed by atoms with E-state index >= 15 is 0 Å². The summed E-state index contributed by atoms with van der Waals surface area (Å²) in [6.07, 6.45) is 0. The molecule has 0 aliphatic rings. The molecule has 70 valence electrons. The van der Waals surface area contributed by atoms with E-state index in [-0.39, 0.29) is 5.78 Å². The molecule has 0 radical (unpaired) electrons. The van der Waals surface area contributed by atoms with Gasteiger partial charge in [-0.1, -0.05) is 22.0 Å². The van der Waals surface area contributed by atoms with Crippen LogP contribution in [0, 0.1) is 6.92 Å². The molecule has 13 heavy (non-hydrogen) atoms. The van der Waals surface area contributed by atoms with Gasteiger partial charge in [-0.3, -0.25) is 4.79 Å². The van der Waals surface area contributed by atoms with Crippen molar-refractivity contribution in [1.82, 2.24) is 0 Å². The maximum atomic E-state index is 11.0. The number of aryl methyl sites for hydroxylation is 1. The Bertz CT molecular complexity index is 315. The van der Waals surface area contributed by atoms with Crippen LogP contribution >= 0.6 is 27.5 Å². The summed E-state index contributed by atoms with van der Waals surface area (Å²) < 4.78 is 0.953. The molecule has 1 unspecified atom stereocenters. The van der Waals surface area contributed by atoms with Gasteiger partial charge in [0.2, 0.25) is 0 Å². The van der Waals surface area contributed by atoms with Gasteiger partial charge >= 0.3 is 0 Å². The van der Waals surface area contributed by atoms with Gasteiger partial charge in [0.15, 0.2) is 5.78 Å². The molecule has 0 saturated carbocycles. The van der Waals surface area contributed by atoms with Crippen LogP contribution in [0.25, 0.3) is 0 Å². The number of ketones is 1. The van der Waals surface area contributed by atoms with E-state index in [4.69, 9.17) is 11.6 Å². The van der Waals surface area contributed by atoms with Crippen molar-refractivity contribution in [3.8, 4) is 0 Å². The highest BCUT2D eigenvalue weighted by atomic mass is 79.9. The molecule has 0 fully saturated rings. The van der Waals surface area contributed by atoms with Crippen molar-refractivity contribution >= 4 is 33.3 Å². The zero-order valence-electron chi connectivity index (χ0n) is 7.47. The van der Waals surface area contributed by atoms with E-state index in [0.29, 0.717) is 0 Å². The summed E-state index contributed by atoms with van der Waals surface area (Å²) in [5.41, 5.74) is 1.94. The molecule has 0 amide bonds. The zero-order valence-corrected chi connectivity index (χ0v) is 9.82. The van der Waals surface area contributed by atoms with Crippen molar-refractivity contribution in [2.45, 2.75) is 19.2 Å². The van der Waals surface area contributed by atoms with Crippen molar-refractivity contribution in [2.24, 2.45) is 0 Å². The monoisotopic (exact) mass is 260 g/mol. The number of alkyl halides is 1. The molecule has 1 atom stereocenters. The quantitative estimate of drug-likeness (QED) is 0.743. The molecule has 0 aliphatic heterocycles. The number of carbonyl (C=O) groups excluding carboxylic acids is 1. The van der Waals surface area contributed by atoms with Crippen LogP contribution in [0.4, 0.5) is 0 Å². The number of benzene rings is 1. The SMILES string of the molecule is CC(=O)C(Cl)c1cc(C)cc(Br)c1. The molecule has 0 spiro atoms. The summed E-state index contributed by atoms with van der Waals surface area (Å²) in [4.78, 5) is 11.0. The summed E-state index contributed by atoms with van der Waals surface area (Å²) in [5.74, 6) is -0.0285. The van der Waals surface area contributed by atoms with Crippen molar-refractivity contribution in [2.75, 3.05) is 0 Å². The van der Waals surface area contributed by atoms with Crippen LogP contribution in [0.2, 0.25) is 0 Å². The van der Waals surface area contributed by atoms with Gasteiger partial charge in [-0.25, -0.2) is 0 Å². The average Bonchev–Trinajstić information content (AvgIpc) is 2.01. The molecule has 1 aromatic carbocycles. The lowest BCUT2D eigenvalue weighted by Crippen LogP contribution is -2.01. The molecule has 0 N–H and O–H groups in total.